The van der Waals surface area contributed by atoms with Crippen molar-refractivity contribution in [2.45, 2.75) is 83.4 Å². The number of fused-ring (bicyclic) bond motifs is 8. The lowest BCUT2D eigenvalue weighted by atomic mass is 9.54. The van der Waals surface area contributed by atoms with Gasteiger partial charge in [-0.15, -0.1) is 0 Å². The Hall–Kier alpha value is -0.420. The third kappa shape index (κ3) is 2.30. The Morgan fingerprint density at radius 3 is 2.59 bits per heavy atom. The highest BCUT2D eigenvalue weighted by Gasteiger charge is 2.69. The minimum Gasteiger partial charge on any atom is -0.393 e. The second-order valence-corrected chi connectivity index (χ2v) is 11.4. The molecule has 6 rings (SSSR count). The molecule has 4 aliphatic carbocycles. The summed E-state index contributed by atoms with van der Waals surface area (Å²) in [5, 5.41) is 10.6. The lowest BCUT2D eigenvalue weighted by Crippen LogP contribution is -2.57. The highest BCUT2D eigenvalue weighted by atomic mass is 16.8. The molecule has 0 radical (unpaired) electrons. The molecule has 0 bridgehead atoms. The lowest BCUT2D eigenvalue weighted by molar-refractivity contribution is -0.318. The average molecular weight is 375 g/mol. The summed E-state index contributed by atoms with van der Waals surface area (Å²) in [5.41, 5.74) is 1.87. The van der Waals surface area contributed by atoms with Crippen molar-refractivity contribution in [2.75, 3.05) is 13.2 Å². The van der Waals surface area contributed by atoms with Gasteiger partial charge in [0.05, 0.1) is 25.4 Å². The van der Waals surface area contributed by atoms with E-state index in [0.29, 0.717) is 23.7 Å². The van der Waals surface area contributed by atoms with E-state index in [1.807, 2.05) is 0 Å². The first kappa shape index (κ1) is 17.4. The van der Waals surface area contributed by atoms with Crippen LogP contribution in [0.1, 0.15) is 59.3 Å². The Kier molecular flexibility index (Phi) is 3.48. The van der Waals surface area contributed by atoms with E-state index in [0.717, 1.165) is 32.5 Å². The van der Waals surface area contributed by atoms with Gasteiger partial charge >= 0.3 is 0 Å². The van der Waals surface area contributed by atoms with Crippen LogP contribution in [0.4, 0.5) is 0 Å². The Morgan fingerprint density at radius 1 is 1.04 bits per heavy atom. The van der Waals surface area contributed by atoms with Crippen molar-refractivity contribution in [1.29, 1.82) is 0 Å². The first-order chi connectivity index (χ1) is 12.8. The van der Waals surface area contributed by atoms with Gasteiger partial charge < -0.3 is 19.3 Å². The van der Waals surface area contributed by atoms with Crippen LogP contribution < -0.4 is 0 Å². The summed E-state index contributed by atoms with van der Waals surface area (Å²) in [6.45, 7) is 8.28. The number of rotatable bonds is 0. The van der Waals surface area contributed by atoms with Crippen LogP contribution in [0.2, 0.25) is 0 Å². The van der Waals surface area contributed by atoms with Crippen molar-refractivity contribution < 1.29 is 19.3 Å². The van der Waals surface area contributed by atoms with Crippen LogP contribution in [0.25, 0.3) is 0 Å². The van der Waals surface area contributed by atoms with Crippen molar-refractivity contribution >= 4 is 0 Å². The topological polar surface area (TPSA) is 51.2 Å². The van der Waals surface area contributed by atoms with Gasteiger partial charge in [-0.05, 0) is 49.9 Å². The molecular weight excluding hydrogens is 340 g/mol. The zero-order valence-corrected chi connectivity index (χ0v) is 16.9. The monoisotopic (exact) mass is 374 g/mol. The summed E-state index contributed by atoms with van der Waals surface area (Å²) < 4.78 is 19.0. The quantitative estimate of drug-likeness (QED) is 0.519. The Labute approximate surface area is 162 Å². The van der Waals surface area contributed by atoms with Crippen molar-refractivity contribution in [3.05, 3.63) is 11.6 Å². The van der Waals surface area contributed by atoms with E-state index in [2.05, 4.69) is 26.8 Å². The van der Waals surface area contributed by atoms with Crippen molar-refractivity contribution in [3.63, 3.8) is 0 Å². The van der Waals surface area contributed by atoms with Crippen LogP contribution in [-0.2, 0) is 14.2 Å². The molecule has 1 N–H and O–H groups in total. The van der Waals surface area contributed by atoms with E-state index in [9.17, 15) is 5.11 Å². The Morgan fingerprint density at radius 2 is 1.81 bits per heavy atom. The molecule has 5 fully saturated rings. The summed E-state index contributed by atoms with van der Waals surface area (Å²) in [6.07, 6.45) is 9.51. The summed E-state index contributed by atoms with van der Waals surface area (Å²) >= 11 is 0. The number of epoxide rings is 1. The summed E-state index contributed by atoms with van der Waals surface area (Å²) in [4.78, 5) is 0. The predicted octanol–water partition coefficient (Wildman–Crippen LogP) is 3.68. The van der Waals surface area contributed by atoms with E-state index in [-0.39, 0.29) is 29.1 Å². The predicted molar refractivity (Wildman–Crippen MR) is 101 cm³/mol. The number of aliphatic hydroxyl groups excluding tert-OH is 1. The zero-order chi connectivity index (χ0) is 18.6. The van der Waals surface area contributed by atoms with Gasteiger partial charge in [-0.25, -0.2) is 0 Å². The second-order valence-electron chi connectivity index (χ2n) is 11.4. The van der Waals surface area contributed by atoms with Crippen molar-refractivity contribution in [2.24, 2.45) is 34.5 Å². The molecular formula is C23H34O4. The second kappa shape index (κ2) is 5.38. The van der Waals surface area contributed by atoms with Crippen LogP contribution in [0.15, 0.2) is 11.6 Å². The molecule has 4 nitrogen and oxygen atoms in total. The first-order valence-corrected chi connectivity index (χ1v) is 11.1. The normalized spacial score (nSPS) is 54.4. The maximum atomic E-state index is 10.6. The third-order valence-corrected chi connectivity index (χ3v) is 9.07. The molecule has 27 heavy (non-hydrogen) atoms. The molecule has 1 spiro atoms. The number of allylic oxidation sites excluding steroid dienone is 1. The smallest absolute Gasteiger partial charge is 0.197 e. The maximum Gasteiger partial charge on any atom is 0.197 e. The molecule has 0 aromatic heterocycles. The molecule has 2 saturated heterocycles. The van der Waals surface area contributed by atoms with Crippen molar-refractivity contribution in [3.8, 4) is 0 Å². The number of hydrogen-bond acceptors (Lipinski definition) is 4. The molecule has 3 unspecified atom stereocenters. The van der Waals surface area contributed by atoms with Gasteiger partial charge in [-0.1, -0.05) is 32.4 Å². The zero-order valence-electron chi connectivity index (χ0n) is 16.9. The number of hydrogen-bond donors (Lipinski definition) is 1. The van der Waals surface area contributed by atoms with Gasteiger partial charge in [0.1, 0.15) is 6.10 Å². The SMILES string of the molecule is CC1(C)COC2(CC3CC[C@@H]4C(=CC[C@]5(C)[C@@H](O)CC[C@@H]45)[C@@H]3C3OC32)OC1. The maximum absolute atomic E-state index is 10.6. The van der Waals surface area contributed by atoms with Crippen LogP contribution >= 0.6 is 0 Å². The van der Waals surface area contributed by atoms with Gasteiger partial charge in [-0.2, -0.15) is 0 Å². The molecule has 2 heterocycles. The van der Waals surface area contributed by atoms with Crippen LogP contribution in [-0.4, -0.2) is 42.4 Å². The molecule has 150 valence electrons. The van der Waals surface area contributed by atoms with Gasteiger partial charge in [-0.3, -0.25) is 0 Å². The molecule has 0 aromatic carbocycles. The van der Waals surface area contributed by atoms with E-state index >= 15 is 0 Å². The average Bonchev–Trinajstić information content (AvgIpc) is 3.39. The highest BCUT2D eigenvalue weighted by molar-refractivity contribution is 5.29. The minimum absolute atomic E-state index is 0.0991. The van der Waals surface area contributed by atoms with Crippen LogP contribution in [0.5, 0.6) is 0 Å². The van der Waals surface area contributed by atoms with Crippen LogP contribution in [0.3, 0.4) is 0 Å². The summed E-state index contributed by atoms with van der Waals surface area (Å²) in [6, 6.07) is 0. The molecule has 0 amide bonds. The molecule has 8 atom stereocenters. The van der Waals surface area contributed by atoms with Gasteiger partial charge in [0.2, 0.25) is 0 Å². The summed E-state index contributed by atoms with van der Waals surface area (Å²) in [5.74, 6) is 2.01. The van der Waals surface area contributed by atoms with E-state index in [4.69, 9.17) is 14.2 Å². The Balaban J connectivity index is 1.27. The van der Waals surface area contributed by atoms with Crippen LogP contribution in [0, 0.1) is 34.5 Å². The van der Waals surface area contributed by atoms with E-state index < -0.39 is 5.79 Å². The molecule has 2 aliphatic heterocycles. The van der Waals surface area contributed by atoms with E-state index in [1.54, 1.807) is 5.57 Å². The lowest BCUT2D eigenvalue weighted by Gasteiger charge is -2.53. The minimum atomic E-state index is -0.485. The summed E-state index contributed by atoms with van der Waals surface area (Å²) in [7, 11) is 0. The van der Waals surface area contributed by atoms with Gasteiger partial charge in [0.15, 0.2) is 5.79 Å². The fourth-order valence-corrected chi connectivity index (χ4v) is 7.43. The fraction of sp³-hybridized carbons (Fsp3) is 0.913. The molecule has 6 aliphatic rings. The van der Waals surface area contributed by atoms with E-state index in [1.165, 1.54) is 19.3 Å². The molecule has 3 saturated carbocycles. The fourth-order valence-electron chi connectivity index (χ4n) is 7.43. The highest BCUT2D eigenvalue weighted by Crippen LogP contribution is 2.64. The number of aliphatic hydroxyl groups is 1. The molecule has 0 aromatic rings. The third-order valence-electron chi connectivity index (χ3n) is 9.07. The first-order valence-electron chi connectivity index (χ1n) is 11.1. The largest absolute Gasteiger partial charge is 0.393 e. The number of ether oxygens (including phenoxy) is 3. The van der Waals surface area contributed by atoms with Gasteiger partial charge in [0.25, 0.3) is 0 Å². The standard InChI is InChI=1S/C23H34O4/c1-21(2)11-25-23(26-12-21)10-13-4-5-14-15(18(13)19-20(23)27-19)8-9-22(3)16(14)6-7-17(22)24/h8,13-14,16-20,24H,4-7,9-12H2,1-3H3/t13?,14-,16+,17+,18-,19?,20?,22+/m1/s1. The Bertz CT molecular complexity index is 674. The van der Waals surface area contributed by atoms with Crippen molar-refractivity contribution in [1.82, 2.24) is 0 Å². The van der Waals surface area contributed by atoms with Gasteiger partial charge in [0, 0.05) is 23.2 Å². The molecule has 4 heteroatoms.